The van der Waals surface area contributed by atoms with E-state index in [1.165, 1.54) is 0 Å². The van der Waals surface area contributed by atoms with E-state index >= 15 is 0 Å². The van der Waals surface area contributed by atoms with Crippen LogP contribution in [-0.4, -0.2) is 20.9 Å². The quantitative estimate of drug-likeness (QED) is 0.773. The molecule has 0 spiro atoms. The first-order valence-electron chi connectivity index (χ1n) is 6.61. The Morgan fingerprint density at radius 3 is 2.90 bits per heavy atom. The Bertz CT molecular complexity index is 693. The number of benzene rings is 1. The maximum absolute atomic E-state index is 5.82. The first-order chi connectivity index (χ1) is 9.86. The molecule has 0 saturated heterocycles. The Labute approximate surface area is 117 Å². The summed E-state index contributed by atoms with van der Waals surface area (Å²) in [6.45, 7) is 3.32. The summed E-state index contributed by atoms with van der Waals surface area (Å²) < 4.78 is 7.72. The first kappa shape index (κ1) is 12.5. The molecule has 5 heteroatoms. The van der Waals surface area contributed by atoms with Gasteiger partial charge in [0, 0.05) is 18.9 Å². The molecule has 0 bridgehead atoms. The second-order valence-corrected chi connectivity index (χ2v) is 4.39. The molecule has 1 N–H and O–H groups in total. The van der Waals surface area contributed by atoms with Gasteiger partial charge in [0.25, 0.3) is 5.88 Å². The van der Waals surface area contributed by atoms with Gasteiger partial charge in [-0.15, -0.1) is 0 Å². The third-order valence-electron chi connectivity index (χ3n) is 2.92. The van der Waals surface area contributed by atoms with E-state index in [0.717, 1.165) is 23.6 Å². The fourth-order valence-corrected chi connectivity index (χ4v) is 1.99. The van der Waals surface area contributed by atoms with Crippen LogP contribution in [-0.2, 0) is 6.61 Å². The largest absolute Gasteiger partial charge is 0.470 e. The molecule has 2 heterocycles. The summed E-state index contributed by atoms with van der Waals surface area (Å²) in [4.78, 5) is 8.74. The van der Waals surface area contributed by atoms with Crippen molar-refractivity contribution in [2.75, 3.05) is 11.9 Å². The smallest absolute Gasteiger partial charge is 0.260 e. The van der Waals surface area contributed by atoms with E-state index in [4.69, 9.17) is 4.74 Å². The van der Waals surface area contributed by atoms with Gasteiger partial charge in [0.1, 0.15) is 12.4 Å². The fraction of sp³-hybridized carbons (Fsp3) is 0.200. The van der Waals surface area contributed by atoms with Crippen LogP contribution in [0.2, 0.25) is 0 Å². The van der Waals surface area contributed by atoms with Gasteiger partial charge in [0.15, 0.2) is 0 Å². The molecule has 0 unspecified atom stereocenters. The Hall–Kier alpha value is -2.56. The lowest BCUT2D eigenvalue weighted by atomic mass is 10.2. The van der Waals surface area contributed by atoms with Crippen molar-refractivity contribution in [2.24, 2.45) is 0 Å². The number of nitrogens with one attached hydrogen (secondary N) is 1. The van der Waals surface area contributed by atoms with Crippen LogP contribution in [0.3, 0.4) is 0 Å². The molecule has 102 valence electrons. The monoisotopic (exact) mass is 268 g/mol. The minimum atomic E-state index is 0.478. The zero-order valence-corrected chi connectivity index (χ0v) is 11.3. The van der Waals surface area contributed by atoms with Crippen molar-refractivity contribution in [2.45, 2.75) is 13.5 Å². The number of rotatable bonds is 5. The molecule has 20 heavy (non-hydrogen) atoms. The number of fused-ring (bicyclic) bond motifs is 1. The van der Waals surface area contributed by atoms with E-state index in [0.29, 0.717) is 12.5 Å². The Kier molecular flexibility index (Phi) is 3.50. The second kappa shape index (κ2) is 5.61. The number of aromatic nitrogens is 3. The van der Waals surface area contributed by atoms with E-state index in [1.807, 2.05) is 54.0 Å². The third kappa shape index (κ3) is 2.56. The van der Waals surface area contributed by atoms with E-state index in [2.05, 4.69) is 15.3 Å². The molecule has 2 aromatic heterocycles. The molecule has 0 aliphatic carbocycles. The topological polar surface area (TPSA) is 51.5 Å². The first-order valence-corrected chi connectivity index (χ1v) is 6.61. The highest BCUT2D eigenvalue weighted by molar-refractivity contribution is 5.53. The molecule has 0 saturated carbocycles. The van der Waals surface area contributed by atoms with Gasteiger partial charge in [-0.3, -0.25) is 4.40 Å². The fourth-order valence-electron chi connectivity index (χ4n) is 1.99. The van der Waals surface area contributed by atoms with Gasteiger partial charge >= 0.3 is 0 Å². The van der Waals surface area contributed by atoms with Crippen molar-refractivity contribution >= 4 is 11.5 Å². The van der Waals surface area contributed by atoms with Crippen LogP contribution < -0.4 is 10.1 Å². The van der Waals surface area contributed by atoms with Crippen LogP contribution in [0.15, 0.2) is 48.9 Å². The average molecular weight is 268 g/mol. The zero-order chi connectivity index (χ0) is 13.8. The van der Waals surface area contributed by atoms with Gasteiger partial charge in [-0.25, -0.2) is 4.98 Å². The summed E-state index contributed by atoms with van der Waals surface area (Å²) >= 11 is 0. The molecule has 3 aromatic rings. The van der Waals surface area contributed by atoms with E-state index in [9.17, 15) is 0 Å². The van der Waals surface area contributed by atoms with Crippen molar-refractivity contribution in [3.05, 3.63) is 54.5 Å². The highest BCUT2D eigenvalue weighted by atomic mass is 16.5. The predicted octanol–water partition coefficient (Wildman–Crippen LogP) is 2.74. The minimum Gasteiger partial charge on any atom is -0.470 e. The summed E-state index contributed by atoms with van der Waals surface area (Å²) in [6, 6.07) is 10.0. The van der Waals surface area contributed by atoms with Crippen LogP contribution in [0.5, 0.6) is 5.88 Å². The number of imidazole rings is 1. The molecule has 0 atom stereocenters. The van der Waals surface area contributed by atoms with Crippen LogP contribution in [0.1, 0.15) is 12.5 Å². The normalized spacial score (nSPS) is 10.7. The van der Waals surface area contributed by atoms with Crippen molar-refractivity contribution in [1.82, 2.24) is 14.4 Å². The molecular weight excluding hydrogens is 252 g/mol. The molecule has 0 radical (unpaired) electrons. The lowest BCUT2D eigenvalue weighted by molar-refractivity contribution is 0.296. The standard InChI is InChI=1S/C15H16N4O/c1-2-16-13-10-19-9-8-17-14(19)15(18-13)20-11-12-6-4-3-5-7-12/h3-10,16H,2,11H2,1H3. The van der Waals surface area contributed by atoms with Crippen LogP contribution in [0.25, 0.3) is 5.65 Å². The number of hydrogen-bond acceptors (Lipinski definition) is 4. The summed E-state index contributed by atoms with van der Waals surface area (Å²) in [6.07, 6.45) is 5.52. The molecule has 1 aromatic carbocycles. The summed E-state index contributed by atoms with van der Waals surface area (Å²) in [7, 11) is 0. The lowest BCUT2D eigenvalue weighted by Crippen LogP contribution is -2.05. The van der Waals surface area contributed by atoms with Gasteiger partial charge in [-0.05, 0) is 12.5 Å². The summed E-state index contributed by atoms with van der Waals surface area (Å²) in [5.41, 5.74) is 1.83. The molecule has 0 amide bonds. The Balaban J connectivity index is 1.87. The van der Waals surface area contributed by atoms with Crippen molar-refractivity contribution < 1.29 is 4.74 Å². The second-order valence-electron chi connectivity index (χ2n) is 4.39. The van der Waals surface area contributed by atoms with Gasteiger partial charge in [0.2, 0.25) is 5.65 Å². The SMILES string of the molecule is CCNc1cn2ccnc2c(OCc2ccccc2)n1. The van der Waals surface area contributed by atoms with Crippen molar-refractivity contribution in [1.29, 1.82) is 0 Å². The molecule has 3 rings (SSSR count). The zero-order valence-electron chi connectivity index (χ0n) is 11.3. The molecular formula is C15H16N4O. The van der Waals surface area contributed by atoms with Gasteiger partial charge in [-0.1, -0.05) is 30.3 Å². The summed E-state index contributed by atoms with van der Waals surface area (Å²) in [5, 5.41) is 3.19. The molecule has 5 nitrogen and oxygen atoms in total. The highest BCUT2D eigenvalue weighted by Crippen LogP contribution is 2.19. The van der Waals surface area contributed by atoms with E-state index < -0.39 is 0 Å². The predicted molar refractivity (Wildman–Crippen MR) is 77.9 cm³/mol. The Morgan fingerprint density at radius 2 is 2.10 bits per heavy atom. The maximum Gasteiger partial charge on any atom is 0.260 e. The number of ether oxygens (including phenoxy) is 1. The third-order valence-corrected chi connectivity index (χ3v) is 2.92. The van der Waals surface area contributed by atoms with Crippen LogP contribution in [0, 0.1) is 0 Å². The Morgan fingerprint density at radius 1 is 1.25 bits per heavy atom. The van der Waals surface area contributed by atoms with Gasteiger partial charge < -0.3 is 10.1 Å². The maximum atomic E-state index is 5.82. The molecule has 0 aliphatic rings. The number of hydrogen-bond donors (Lipinski definition) is 1. The summed E-state index contributed by atoms with van der Waals surface area (Å²) in [5.74, 6) is 1.32. The molecule has 0 aliphatic heterocycles. The van der Waals surface area contributed by atoms with Gasteiger partial charge in [-0.2, -0.15) is 4.98 Å². The van der Waals surface area contributed by atoms with Crippen LogP contribution >= 0.6 is 0 Å². The highest BCUT2D eigenvalue weighted by Gasteiger charge is 2.08. The van der Waals surface area contributed by atoms with E-state index in [1.54, 1.807) is 6.20 Å². The molecule has 0 fully saturated rings. The van der Waals surface area contributed by atoms with Gasteiger partial charge in [0.05, 0.1) is 6.20 Å². The number of anilines is 1. The van der Waals surface area contributed by atoms with Crippen molar-refractivity contribution in [3.63, 3.8) is 0 Å². The van der Waals surface area contributed by atoms with Crippen LogP contribution in [0.4, 0.5) is 5.82 Å². The number of nitrogens with zero attached hydrogens (tertiary/aromatic N) is 3. The van der Waals surface area contributed by atoms with E-state index in [-0.39, 0.29) is 0 Å². The minimum absolute atomic E-state index is 0.478. The lowest BCUT2D eigenvalue weighted by Gasteiger charge is -2.09. The van der Waals surface area contributed by atoms with Crippen molar-refractivity contribution in [3.8, 4) is 5.88 Å². The average Bonchev–Trinajstić information content (AvgIpc) is 2.95.